The average Bonchev–Trinajstić information content (AvgIpc) is 3.75. The molecule has 0 bridgehead atoms. The Kier molecular flexibility index (Phi) is 7.91. The maximum atomic E-state index is 16.0. The van der Waals surface area contributed by atoms with Crippen molar-refractivity contribution in [2.45, 2.75) is 43.0 Å². The zero-order valence-corrected chi connectivity index (χ0v) is 26.4. The fourth-order valence-electron chi connectivity index (χ4n) is 5.53. The molecule has 3 fully saturated rings. The zero-order valence-electron chi connectivity index (χ0n) is 22.8. The molecule has 23 heteroatoms. The fourth-order valence-corrected chi connectivity index (χ4v) is 8.51. The monoisotopic (exact) mass is 702 g/mol. The third kappa shape index (κ3) is 5.54. The van der Waals surface area contributed by atoms with E-state index in [0.717, 1.165) is 0 Å². The van der Waals surface area contributed by atoms with E-state index in [-0.39, 0.29) is 22.8 Å². The van der Waals surface area contributed by atoms with Crippen LogP contribution in [-0.2, 0) is 36.7 Å². The second-order valence-electron chi connectivity index (χ2n) is 10.2. The molecule has 7 rings (SSSR count). The summed E-state index contributed by atoms with van der Waals surface area (Å²) in [5, 5.41) is 0. The van der Waals surface area contributed by atoms with E-state index >= 15 is 4.39 Å². The van der Waals surface area contributed by atoms with E-state index in [2.05, 4.69) is 61.0 Å². The second-order valence-corrected chi connectivity index (χ2v) is 16.0. The number of alkyl halides is 1. The Morgan fingerprint density at radius 2 is 1.31 bits per heavy atom. The molecule has 3 saturated heterocycles. The van der Waals surface area contributed by atoms with Crippen LogP contribution in [-0.4, -0.2) is 82.8 Å². The molecule has 0 aromatic carbocycles. The molecule has 7 heterocycles. The van der Waals surface area contributed by atoms with Gasteiger partial charge in [0.15, 0.2) is 35.3 Å². The average molecular weight is 703 g/mol. The fraction of sp³-hybridized carbons (Fsp3) is 0.455. The van der Waals surface area contributed by atoms with E-state index in [1.807, 2.05) is 0 Å². The molecule has 0 amide bonds. The van der Waals surface area contributed by atoms with Gasteiger partial charge >= 0.3 is 13.6 Å². The van der Waals surface area contributed by atoms with E-state index < -0.39 is 75.8 Å². The molecule has 4 aromatic rings. The molecule has 0 unspecified atom stereocenters. The quantitative estimate of drug-likeness (QED) is 0.137. The number of ether oxygens (including phenoxy) is 2. The molecule has 240 valence electrons. The van der Waals surface area contributed by atoms with Gasteiger partial charge in [0.2, 0.25) is 0 Å². The zero-order chi connectivity index (χ0) is 31.7. The number of aromatic nitrogens is 8. The Morgan fingerprint density at radius 1 is 0.822 bits per heavy atom. The molecule has 45 heavy (non-hydrogen) atoms. The first-order valence-electron chi connectivity index (χ1n) is 13.2. The number of thiol groups is 2. The number of fused-ring (bicyclic) bond motifs is 4. The number of imidazole rings is 2. The highest BCUT2D eigenvalue weighted by molar-refractivity contribution is 8.44. The first kappa shape index (κ1) is 30.9. The summed E-state index contributed by atoms with van der Waals surface area (Å²) in [4.78, 5) is 24.6. The lowest BCUT2D eigenvalue weighted by atomic mass is 10.00. The van der Waals surface area contributed by atoms with Gasteiger partial charge in [-0.25, -0.2) is 43.4 Å². The minimum atomic E-state index is -4.30. The van der Waals surface area contributed by atoms with Crippen LogP contribution in [0.4, 0.5) is 16.0 Å². The van der Waals surface area contributed by atoms with Gasteiger partial charge in [-0.3, -0.25) is 27.2 Å². The van der Waals surface area contributed by atoms with Crippen molar-refractivity contribution in [3.8, 4) is 0 Å². The van der Waals surface area contributed by atoms with Crippen LogP contribution in [0.1, 0.15) is 12.5 Å². The Balaban J connectivity index is 1.18. The molecule has 18 nitrogen and oxygen atoms in total. The van der Waals surface area contributed by atoms with Crippen LogP contribution in [0.2, 0.25) is 0 Å². The summed E-state index contributed by atoms with van der Waals surface area (Å²) < 4.78 is 80.7. The Hall–Kier alpha value is -2.71. The topological polar surface area (TPSA) is 229 Å². The lowest BCUT2D eigenvalue weighted by Gasteiger charge is -2.29. The largest absolute Gasteiger partial charge is 0.386 e. The van der Waals surface area contributed by atoms with Crippen LogP contribution < -0.4 is 11.5 Å². The van der Waals surface area contributed by atoms with Gasteiger partial charge in [-0.1, -0.05) is 30.6 Å². The Labute approximate surface area is 263 Å². The molecule has 4 N–H and O–H groups in total. The molecule has 0 radical (unpaired) electrons. The third-order valence-corrected chi connectivity index (χ3v) is 10.8. The van der Waals surface area contributed by atoms with Gasteiger partial charge < -0.3 is 20.9 Å². The van der Waals surface area contributed by atoms with Crippen molar-refractivity contribution in [2.75, 3.05) is 24.7 Å². The van der Waals surface area contributed by atoms with E-state index in [9.17, 15) is 9.13 Å². The van der Waals surface area contributed by atoms with E-state index in [4.69, 9.17) is 39.0 Å². The predicted octanol–water partition coefficient (Wildman–Crippen LogP) is 2.66. The molecular weight excluding hydrogens is 677 g/mol. The highest BCUT2D eigenvalue weighted by atomic mass is 32.7. The standard InChI is InChI=1S/C22H25FN10O8P2S2/c1-2-9-15-10(38-21(9)32-7-30-13-17(24)26-5-28-19(13)32)3-36-43(35,45)41-16-11(4-37-42(34,44)40-15)39-22(12(16)23)33-8-31-14-18(25)27-6-29-20(14)33/h2,5-12,15-16,21-22H,1,3-4H2,(H,34,44)(H,35,45)(H2,24,26,28)(H2,25,27,29)/t9-,10-,11-,12-,15+,16-,21-,22-,42+,43-/m1/s1. The minimum absolute atomic E-state index is 0.0751. The maximum Gasteiger partial charge on any atom is 0.386 e. The number of nitrogen functional groups attached to an aromatic ring is 2. The molecule has 10 atom stereocenters. The predicted molar refractivity (Wildman–Crippen MR) is 161 cm³/mol. The normalized spacial score (nSPS) is 37.6. The van der Waals surface area contributed by atoms with Gasteiger partial charge in [0.25, 0.3) is 0 Å². The first-order valence-corrected chi connectivity index (χ1v) is 18.6. The summed E-state index contributed by atoms with van der Waals surface area (Å²) in [6, 6.07) is 0. The maximum absolute atomic E-state index is 16.0. The van der Waals surface area contributed by atoms with Crippen molar-refractivity contribution in [3.63, 3.8) is 0 Å². The van der Waals surface area contributed by atoms with E-state index in [1.54, 1.807) is 4.57 Å². The van der Waals surface area contributed by atoms with Gasteiger partial charge in [0.1, 0.15) is 54.3 Å². The van der Waals surface area contributed by atoms with Crippen LogP contribution in [0.5, 0.6) is 0 Å². The number of rotatable bonds is 3. The van der Waals surface area contributed by atoms with Crippen LogP contribution in [0.25, 0.3) is 22.3 Å². The van der Waals surface area contributed by atoms with Gasteiger partial charge in [-0.05, 0) is 0 Å². The number of hydrogen-bond donors (Lipinski definition) is 4. The van der Waals surface area contributed by atoms with Crippen LogP contribution >= 0.6 is 38.1 Å². The summed E-state index contributed by atoms with van der Waals surface area (Å²) in [6.07, 6.45) is -2.54. The minimum Gasteiger partial charge on any atom is -0.382 e. The van der Waals surface area contributed by atoms with Crippen LogP contribution in [0.15, 0.2) is 38.0 Å². The molecule has 3 aliphatic heterocycles. The van der Waals surface area contributed by atoms with Crippen molar-refractivity contribution in [1.82, 2.24) is 39.0 Å². The summed E-state index contributed by atoms with van der Waals surface area (Å²) in [7, 11) is 0. The molecular formula is C22H25FN10O8P2S2. The van der Waals surface area contributed by atoms with Gasteiger partial charge in [0.05, 0.1) is 31.8 Å². The molecule has 0 spiro atoms. The highest BCUT2D eigenvalue weighted by Gasteiger charge is 2.53. The van der Waals surface area contributed by atoms with Crippen molar-refractivity contribution in [1.29, 1.82) is 0 Å². The summed E-state index contributed by atoms with van der Waals surface area (Å²) in [6.45, 7) is -5.63. The summed E-state index contributed by atoms with van der Waals surface area (Å²) >= 11 is 8.25. The number of anilines is 2. The summed E-state index contributed by atoms with van der Waals surface area (Å²) in [5.41, 5.74) is 12.9. The van der Waals surface area contributed by atoms with Crippen molar-refractivity contribution >= 4 is 72.1 Å². The van der Waals surface area contributed by atoms with E-state index in [0.29, 0.717) is 11.2 Å². The number of halogens is 1. The Bertz CT molecular complexity index is 1890. The lowest BCUT2D eigenvalue weighted by Crippen LogP contribution is -2.36. The van der Waals surface area contributed by atoms with Crippen LogP contribution in [0.3, 0.4) is 0 Å². The molecule has 4 aromatic heterocycles. The third-order valence-electron chi connectivity index (χ3n) is 7.56. The number of nitrogens with zero attached hydrogens (tertiary/aromatic N) is 8. The lowest BCUT2D eigenvalue weighted by molar-refractivity contribution is -0.0542. The van der Waals surface area contributed by atoms with Gasteiger partial charge in [-0.15, -0.1) is 6.58 Å². The van der Waals surface area contributed by atoms with Crippen LogP contribution in [0, 0.1) is 5.92 Å². The molecule has 0 aliphatic carbocycles. The van der Waals surface area contributed by atoms with Gasteiger partial charge in [-0.2, -0.15) is 0 Å². The van der Waals surface area contributed by atoms with E-state index in [1.165, 1.54) is 36.0 Å². The Morgan fingerprint density at radius 3 is 1.87 bits per heavy atom. The van der Waals surface area contributed by atoms with Crippen molar-refractivity contribution in [3.05, 3.63) is 38.0 Å². The van der Waals surface area contributed by atoms with Crippen molar-refractivity contribution in [2.24, 2.45) is 5.92 Å². The molecule has 0 saturated carbocycles. The smallest absolute Gasteiger partial charge is 0.382 e. The summed E-state index contributed by atoms with van der Waals surface area (Å²) in [5.74, 6) is -0.483. The van der Waals surface area contributed by atoms with Crippen molar-refractivity contribution < 1.29 is 41.1 Å². The second kappa shape index (κ2) is 11.5. The SMILES string of the molecule is C=C[C@@H]1[C@@H]2O[P@@](=O)(S)OC[C@H]3O[C@@H](n4cnc5c(N)ncnc54)[C@H](F)[C@@H]3O[P@](=O)(S)OC[C@H]2O[C@H]1n1cnc2c(N)ncnc21. The highest BCUT2D eigenvalue weighted by Crippen LogP contribution is 2.61. The van der Waals surface area contributed by atoms with Gasteiger partial charge in [0, 0.05) is 0 Å². The molecule has 3 aliphatic rings. The first-order chi connectivity index (χ1) is 21.5. The number of nitrogens with two attached hydrogens (primary N) is 2. The number of hydrogen-bond acceptors (Lipinski definition) is 16.